The van der Waals surface area contributed by atoms with E-state index < -0.39 is 12.0 Å². The maximum absolute atomic E-state index is 11.2. The molecule has 1 aromatic rings. The third-order valence-electron chi connectivity index (χ3n) is 2.90. The van der Waals surface area contributed by atoms with Gasteiger partial charge in [0.25, 0.3) is 0 Å². The highest BCUT2D eigenvalue weighted by Gasteiger charge is 2.27. The average molecular weight is 339 g/mol. The number of hydrogen-bond acceptors (Lipinski definition) is 5. The normalized spacial score (nSPS) is 14.8. The van der Waals surface area contributed by atoms with Crippen LogP contribution in [0.1, 0.15) is 26.2 Å². The lowest BCUT2D eigenvalue weighted by molar-refractivity contribution is -0.138. The summed E-state index contributed by atoms with van der Waals surface area (Å²) in [5, 5.41) is 10.5. The molecule has 4 N–H and O–H groups in total. The van der Waals surface area contributed by atoms with Gasteiger partial charge in [0.1, 0.15) is 12.6 Å². The van der Waals surface area contributed by atoms with Crippen molar-refractivity contribution in [2.75, 3.05) is 6.54 Å². The van der Waals surface area contributed by atoms with Crippen molar-refractivity contribution >= 4 is 29.9 Å². The quantitative estimate of drug-likeness (QED) is 0.538. The fraction of sp³-hybridized carbons (Fsp3) is 0.400. The van der Waals surface area contributed by atoms with Gasteiger partial charge in [0, 0.05) is 4.90 Å². The van der Waals surface area contributed by atoms with E-state index in [-0.39, 0.29) is 18.5 Å². The van der Waals surface area contributed by atoms with Gasteiger partial charge in [0.15, 0.2) is 0 Å². The third kappa shape index (κ3) is 7.16. The van der Waals surface area contributed by atoms with Gasteiger partial charge in [-0.1, -0.05) is 38.0 Å². The summed E-state index contributed by atoms with van der Waals surface area (Å²) in [6.07, 6.45) is 2.49. The second-order valence-electron chi connectivity index (χ2n) is 4.88. The van der Waals surface area contributed by atoms with E-state index in [4.69, 9.17) is 10.8 Å². The van der Waals surface area contributed by atoms with E-state index in [0.29, 0.717) is 6.42 Å². The number of carbonyl (C=O) groups is 3. The largest absolute Gasteiger partial charge is 0.480 e. The summed E-state index contributed by atoms with van der Waals surface area (Å²) in [6, 6.07) is 8.45. The van der Waals surface area contributed by atoms with Gasteiger partial charge in [0.05, 0.1) is 0 Å². The minimum absolute atomic E-state index is 0.123. The Morgan fingerprint density at radius 3 is 2.52 bits per heavy atom. The van der Waals surface area contributed by atoms with E-state index in [1.54, 1.807) is 0 Å². The van der Waals surface area contributed by atoms with Crippen LogP contribution in [-0.2, 0) is 9.59 Å². The van der Waals surface area contributed by atoms with Crippen LogP contribution in [0.2, 0.25) is 0 Å². The highest BCUT2D eigenvalue weighted by molar-refractivity contribution is 7.97. The third-order valence-corrected chi connectivity index (χ3v) is 3.90. The zero-order chi connectivity index (χ0) is 17.2. The van der Waals surface area contributed by atoms with Gasteiger partial charge in [-0.3, -0.25) is 19.2 Å². The number of carboxylic acid groups (broad SMARTS) is 1. The Bertz CT molecular complexity index is 539. The summed E-state index contributed by atoms with van der Waals surface area (Å²) < 4.78 is 1.40. The minimum atomic E-state index is -0.900. The van der Waals surface area contributed by atoms with Crippen LogP contribution in [-0.4, -0.2) is 39.9 Å². The first-order chi connectivity index (χ1) is 10.9. The number of carboxylic acids is 1. The van der Waals surface area contributed by atoms with Crippen molar-refractivity contribution in [1.29, 1.82) is 0 Å². The first-order valence-electron chi connectivity index (χ1n) is 7.26. The molecule has 0 saturated carbocycles. The van der Waals surface area contributed by atoms with Gasteiger partial charge in [-0.25, -0.2) is 4.79 Å². The van der Waals surface area contributed by atoms with Crippen LogP contribution in [0, 0.1) is 0 Å². The van der Waals surface area contributed by atoms with Gasteiger partial charge < -0.3 is 10.8 Å². The number of benzene rings is 1. The van der Waals surface area contributed by atoms with Crippen molar-refractivity contribution in [3.63, 3.8) is 0 Å². The lowest BCUT2D eigenvalue weighted by Gasteiger charge is -2.10. The summed E-state index contributed by atoms with van der Waals surface area (Å²) in [4.78, 5) is 33.1. The molecular weight excluding hydrogens is 318 g/mol. The van der Waals surface area contributed by atoms with E-state index >= 15 is 0 Å². The van der Waals surface area contributed by atoms with Crippen molar-refractivity contribution in [1.82, 2.24) is 9.62 Å². The molecule has 23 heavy (non-hydrogen) atoms. The number of carbonyl (C=O) groups excluding carboxylic acids is 2. The lowest BCUT2D eigenvalue weighted by Crippen LogP contribution is -2.29. The number of hydrogen-bond donors (Lipinski definition) is 3. The number of imide groups is 1. The number of nitrogens with zero attached hydrogens (tertiary/aromatic N) is 1. The molecule has 2 rings (SSSR count). The Labute approximate surface area is 139 Å². The molecule has 7 nitrogen and oxygen atoms in total. The summed E-state index contributed by atoms with van der Waals surface area (Å²) in [5.74, 6) is -1.15. The number of amides is 3. The van der Waals surface area contributed by atoms with Gasteiger partial charge in [0.2, 0.25) is 5.91 Å². The number of nitrogens with one attached hydrogen (secondary N) is 1. The number of rotatable bonds is 6. The Morgan fingerprint density at radius 1 is 1.39 bits per heavy atom. The first kappa shape index (κ1) is 19.0. The predicted octanol–water partition coefficient (Wildman–Crippen LogP) is 1.83. The van der Waals surface area contributed by atoms with E-state index in [9.17, 15) is 14.4 Å². The molecule has 1 aromatic carbocycles. The van der Waals surface area contributed by atoms with Gasteiger partial charge in [-0.15, -0.1) is 0 Å². The molecule has 0 spiro atoms. The Kier molecular flexibility index (Phi) is 8.14. The summed E-state index contributed by atoms with van der Waals surface area (Å²) in [7, 11) is 0. The van der Waals surface area contributed by atoms with Crippen molar-refractivity contribution in [2.24, 2.45) is 5.73 Å². The van der Waals surface area contributed by atoms with Gasteiger partial charge in [-0.05, 0) is 30.5 Å². The predicted molar refractivity (Wildman–Crippen MR) is 87.7 cm³/mol. The second-order valence-corrected chi connectivity index (χ2v) is 5.98. The van der Waals surface area contributed by atoms with Crippen LogP contribution in [0.5, 0.6) is 0 Å². The molecule has 3 amide bonds. The van der Waals surface area contributed by atoms with Crippen LogP contribution in [0.15, 0.2) is 35.2 Å². The van der Waals surface area contributed by atoms with Crippen molar-refractivity contribution in [3.8, 4) is 0 Å². The van der Waals surface area contributed by atoms with Crippen LogP contribution in [0.4, 0.5) is 4.79 Å². The van der Waals surface area contributed by atoms with E-state index in [0.717, 1.165) is 17.7 Å². The standard InChI is InChI=1S/C9H8N2O2S.C6H13NO2/c12-8-6-11(9(13)10-8)14-7-4-2-1-3-5-7;1-2-3-4-5(7)6(8)9/h1-5H,6H2,(H,10,12,13);5H,2-4,7H2,1H3,(H,8,9). The maximum atomic E-state index is 11.2. The summed E-state index contributed by atoms with van der Waals surface area (Å²) in [5.41, 5.74) is 5.20. The molecule has 1 aliphatic rings. The topological polar surface area (TPSA) is 113 Å². The molecule has 1 unspecified atom stereocenters. The van der Waals surface area contributed by atoms with Crippen molar-refractivity contribution < 1.29 is 19.5 Å². The molecule has 1 fully saturated rings. The fourth-order valence-electron chi connectivity index (χ4n) is 1.65. The van der Waals surface area contributed by atoms with E-state index in [2.05, 4.69) is 5.32 Å². The minimum Gasteiger partial charge on any atom is -0.480 e. The Morgan fingerprint density at radius 2 is 2.04 bits per heavy atom. The highest BCUT2D eigenvalue weighted by Crippen LogP contribution is 2.23. The SMILES string of the molecule is CCCCC(N)C(=O)O.O=C1CN(Sc2ccccc2)C(=O)N1. The second kappa shape index (κ2) is 9.86. The van der Waals surface area contributed by atoms with Crippen LogP contribution in [0.25, 0.3) is 0 Å². The van der Waals surface area contributed by atoms with Crippen LogP contribution >= 0.6 is 11.9 Å². The Hall–Kier alpha value is -2.06. The number of unbranched alkanes of at least 4 members (excludes halogenated alkanes) is 1. The molecule has 1 aliphatic heterocycles. The van der Waals surface area contributed by atoms with Crippen molar-refractivity contribution in [2.45, 2.75) is 37.1 Å². The molecule has 0 bridgehead atoms. The number of nitrogens with two attached hydrogens (primary N) is 1. The molecule has 1 heterocycles. The van der Waals surface area contributed by atoms with Crippen LogP contribution < -0.4 is 11.1 Å². The molecule has 0 aromatic heterocycles. The van der Waals surface area contributed by atoms with Crippen LogP contribution in [0.3, 0.4) is 0 Å². The highest BCUT2D eigenvalue weighted by atomic mass is 32.2. The molecule has 1 atom stereocenters. The number of urea groups is 1. The molecule has 0 aliphatic carbocycles. The molecule has 126 valence electrons. The maximum Gasteiger partial charge on any atom is 0.334 e. The zero-order valence-corrected chi connectivity index (χ0v) is 13.7. The van der Waals surface area contributed by atoms with E-state index in [1.165, 1.54) is 16.3 Å². The van der Waals surface area contributed by atoms with Gasteiger partial charge in [-0.2, -0.15) is 0 Å². The molecule has 0 radical (unpaired) electrons. The molecular formula is C15H21N3O4S. The van der Waals surface area contributed by atoms with Gasteiger partial charge >= 0.3 is 12.0 Å². The fourth-order valence-corrected chi connectivity index (χ4v) is 2.50. The van der Waals surface area contributed by atoms with E-state index in [1.807, 2.05) is 37.3 Å². The van der Waals surface area contributed by atoms with Crippen molar-refractivity contribution in [3.05, 3.63) is 30.3 Å². The average Bonchev–Trinajstić information content (AvgIpc) is 2.84. The summed E-state index contributed by atoms with van der Waals surface area (Å²) >= 11 is 1.26. The molecule has 8 heteroatoms. The zero-order valence-electron chi connectivity index (χ0n) is 12.9. The monoisotopic (exact) mass is 339 g/mol. The number of aliphatic carboxylic acids is 1. The Balaban J connectivity index is 0.000000257. The smallest absolute Gasteiger partial charge is 0.334 e. The first-order valence-corrected chi connectivity index (χ1v) is 8.04. The molecule has 1 saturated heterocycles. The summed E-state index contributed by atoms with van der Waals surface area (Å²) in [6.45, 7) is 2.13. The lowest BCUT2D eigenvalue weighted by atomic mass is 10.1.